The summed E-state index contributed by atoms with van der Waals surface area (Å²) in [7, 11) is -3.35. The first-order chi connectivity index (χ1) is 7.99. The molecule has 3 nitrogen and oxygen atoms in total. The van der Waals surface area contributed by atoms with E-state index in [9.17, 15) is 8.42 Å². The van der Waals surface area contributed by atoms with Crippen LogP contribution in [-0.2, 0) is 10.0 Å². The number of rotatable bonds is 3. The van der Waals surface area contributed by atoms with Gasteiger partial charge in [0.1, 0.15) is 0 Å². The Morgan fingerprint density at radius 2 is 2.29 bits per heavy atom. The van der Waals surface area contributed by atoms with Gasteiger partial charge in [-0.2, -0.15) is 11.8 Å². The van der Waals surface area contributed by atoms with Crippen molar-refractivity contribution < 1.29 is 8.42 Å². The molecule has 1 fully saturated rings. The maximum atomic E-state index is 12.2. The minimum absolute atomic E-state index is 0.0804. The minimum atomic E-state index is -3.35. The van der Waals surface area contributed by atoms with Gasteiger partial charge in [0.15, 0.2) is 0 Å². The van der Waals surface area contributed by atoms with Gasteiger partial charge in [-0.3, -0.25) is 0 Å². The summed E-state index contributed by atoms with van der Waals surface area (Å²) >= 11 is 6.59. The SMILES string of the molecule is Cc1sc(Br)cc1S(=O)(=O)NC1CCCSC1. The maximum Gasteiger partial charge on any atom is 0.241 e. The van der Waals surface area contributed by atoms with Crippen LogP contribution in [0.15, 0.2) is 14.7 Å². The third-order valence-corrected chi connectivity index (χ3v) is 7.16. The van der Waals surface area contributed by atoms with Gasteiger partial charge in [-0.15, -0.1) is 11.3 Å². The van der Waals surface area contributed by atoms with Crippen LogP contribution in [0, 0.1) is 6.92 Å². The van der Waals surface area contributed by atoms with Crippen LogP contribution >= 0.6 is 39.0 Å². The quantitative estimate of drug-likeness (QED) is 0.906. The molecule has 0 bridgehead atoms. The molecular weight excluding hydrogens is 342 g/mol. The Kier molecular flexibility index (Phi) is 4.57. The van der Waals surface area contributed by atoms with Crippen LogP contribution < -0.4 is 4.72 Å². The van der Waals surface area contributed by atoms with Gasteiger partial charge in [-0.05, 0) is 47.5 Å². The molecule has 0 saturated carbocycles. The summed E-state index contributed by atoms with van der Waals surface area (Å²) in [6, 6.07) is 1.76. The monoisotopic (exact) mass is 355 g/mol. The molecule has 1 unspecified atom stereocenters. The molecule has 2 heterocycles. The first kappa shape index (κ1) is 13.9. The van der Waals surface area contributed by atoms with E-state index >= 15 is 0 Å². The van der Waals surface area contributed by atoms with Crippen LogP contribution in [0.2, 0.25) is 0 Å². The summed E-state index contributed by atoms with van der Waals surface area (Å²) in [4.78, 5) is 1.23. The molecule has 0 spiro atoms. The Labute approximate surface area is 119 Å². The Morgan fingerprint density at radius 3 is 2.82 bits per heavy atom. The molecule has 17 heavy (non-hydrogen) atoms. The number of hydrogen-bond acceptors (Lipinski definition) is 4. The number of nitrogens with one attached hydrogen (secondary N) is 1. The lowest BCUT2D eigenvalue weighted by molar-refractivity contribution is 0.543. The summed E-state index contributed by atoms with van der Waals surface area (Å²) in [5, 5.41) is 0. The molecule has 1 aromatic rings. The van der Waals surface area contributed by atoms with Crippen molar-refractivity contribution in [3.05, 3.63) is 14.7 Å². The van der Waals surface area contributed by atoms with Crippen molar-refractivity contribution >= 4 is 49.1 Å². The largest absolute Gasteiger partial charge is 0.241 e. The summed E-state index contributed by atoms with van der Waals surface area (Å²) in [5.41, 5.74) is 0. The van der Waals surface area contributed by atoms with Crippen LogP contribution in [0.5, 0.6) is 0 Å². The average Bonchev–Trinajstić information content (AvgIpc) is 2.59. The highest BCUT2D eigenvalue weighted by molar-refractivity contribution is 9.11. The molecule has 96 valence electrons. The molecule has 1 atom stereocenters. The number of halogens is 1. The standard InChI is InChI=1S/C10H14BrNO2S3/c1-7-9(5-10(11)16-7)17(13,14)12-8-3-2-4-15-6-8/h5,8,12H,2-4,6H2,1H3. The average molecular weight is 356 g/mol. The van der Waals surface area contributed by atoms with E-state index in [2.05, 4.69) is 20.7 Å². The second-order valence-corrected chi connectivity index (χ2v) is 9.47. The molecule has 0 radical (unpaired) electrons. The third kappa shape index (κ3) is 3.47. The van der Waals surface area contributed by atoms with Crippen LogP contribution in [0.4, 0.5) is 0 Å². The second kappa shape index (κ2) is 5.61. The molecular formula is C10H14BrNO2S3. The summed E-state index contributed by atoms with van der Waals surface area (Å²) in [5.74, 6) is 2.02. The molecule has 0 aliphatic carbocycles. The smallest absolute Gasteiger partial charge is 0.207 e. The van der Waals surface area contributed by atoms with Gasteiger partial charge in [0.2, 0.25) is 10.0 Å². The van der Waals surface area contributed by atoms with E-state index in [1.165, 1.54) is 11.3 Å². The van der Waals surface area contributed by atoms with Gasteiger partial charge in [-0.1, -0.05) is 0 Å². The first-order valence-corrected chi connectivity index (χ1v) is 9.60. The zero-order chi connectivity index (χ0) is 12.5. The maximum absolute atomic E-state index is 12.2. The van der Waals surface area contributed by atoms with Crippen molar-refractivity contribution in [1.29, 1.82) is 0 Å². The Hall–Kier alpha value is 0.440. The van der Waals surface area contributed by atoms with Gasteiger partial charge in [0.05, 0.1) is 8.68 Å². The molecule has 1 aromatic heterocycles. The van der Waals surface area contributed by atoms with Crippen LogP contribution in [-0.4, -0.2) is 26.0 Å². The molecule has 0 amide bonds. The number of thiophene rings is 1. The van der Waals surface area contributed by atoms with Gasteiger partial charge >= 0.3 is 0 Å². The predicted octanol–water partition coefficient (Wildman–Crippen LogP) is 2.99. The molecule has 2 rings (SSSR count). The number of hydrogen-bond donors (Lipinski definition) is 1. The highest BCUT2D eigenvalue weighted by atomic mass is 79.9. The van der Waals surface area contributed by atoms with E-state index in [-0.39, 0.29) is 6.04 Å². The lowest BCUT2D eigenvalue weighted by Crippen LogP contribution is -2.38. The second-order valence-electron chi connectivity index (χ2n) is 4.01. The topological polar surface area (TPSA) is 46.2 Å². The van der Waals surface area contributed by atoms with Gasteiger partial charge in [0, 0.05) is 16.7 Å². The fraction of sp³-hybridized carbons (Fsp3) is 0.600. The fourth-order valence-electron chi connectivity index (χ4n) is 1.81. The summed E-state index contributed by atoms with van der Waals surface area (Å²) in [6.07, 6.45) is 2.03. The highest BCUT2D eigenvalue weighted by Gasteiger charge is 2.24. The lowest BCUT2D eigenvalue weighted by atomic mass is 10.2. The van der Waals surface area contributed by atoms with E-state index in [4.69, 9.17) is 0 Å². The van der Waals surface area contributed by atoms with E-state index in [0.717, 1.165) is 33.0 Å². The number of aryl methyl sites for hydroxylation is 1. The van der Waals surface area contributed by atoms with Gasteiger partial charge < -0.3 is 0 Å². The van der Waals surface area contributed by atoms with E-state index in [1.54, 1.807) is 6.07 Å². The van der Waals surface area contributed by atoms with Gasteiger partial charge in [-0.25, -0.2) is 13.1 Å². The Morgan fingerprint density at radius 1 is 1.53 bits per heavy atom. The third-order valence-electron chi connectivity index (χ3n) is 2.61. The van der Waals surface area contributed by atoms with Crippen molar-refractivity contribution in [2.45, 2.75) is 30.7 Å². The molecule has 1 saturated heterocycles. The Bertz CT molecular complexity index is 492. The van der Waals surface area contributed by atoms with Crippen LogP contribution in [0.3, 0.4) is 0 Å². The highest BCUT2D eigenvalue weighted by Crippen LogP contribution is 2.30. The van der Waals surface area contributed by atoms with Gasteiger partial charge in [0.25, 0.3) is 0 Å². The summed E-state index contributed by atoms with van der Waals surface area (Å²) < 4.78 is 28.1. The molecule has 7 heteroatoms. The normalized spacial score (nSPS) is 21.6. The van der Waals surface area contributed by atoms with Crippen molar-refractivity contribution in [3.63, 3.8) is 0 Å². The molecule has 0 aromatic carbocycles. The van der Waals surface area contributed by atoms with Crippen molar-refractivity contribution in [1.82, 2.24) is 4.72 Å². The van der Waals surface area contributed by atoms with Crippen molar-refractivity contribution in [2.24, 2.45) is 0 Å². The lowest BCUT2D eigenvalue weighted by Gasteiger charge is -2.22. The van der Waals surface area contributed by atoms with E-state index in [0.29, 0.717) is 4.90 Å². The zero-order valence-electron chi connectivity index (χ0n) is 9.40. The molecule has 1 N–H and O–H groups in total. The van der Waals surface area contributed by atoms with Crippen molar-refractivity contribution in [2.75, 3.05) is 11.5 Å². The number of sulfonamides is 1. The Balaban J connectivity index is 2.15. The first-order valence-electron chi connectivity index (χ1n) is 5.35. The minimum Gasteiger partial charge on any atom is -0.207 e. The predicted molar refractivity (Wildman–Crippen MR) is 77.4 cm³/mol. The fourth-order valence-corrected chi connectivity index (χ4v) is 6.68. The molecule has 1 aliphatic heterocycles. The molecule has 1 aliphatic rings. The van der Waals surface area contributed by atoms with Crippen LogP contribution in [0.25, 0.3) is 0 Å². The van der Waals surface area contributed by atoms with Crippen molar-refractivity contribution in [3.8, 4) is 0 Å². The summed E-state index contributed by atoms with van der Waals surface area (Å²) in [6.45, 7) is 1.83. The van der Waals surface area contributed by atoms with E-state index in [1.807, 2.05) is 18.7 Å². The van der Waals surface area contributed by atoms with Crippen LogP contribution in [0.1, 0.15) is 17.7 Å². The van der Waals surface area contributed by atoms with E-state index < -0.39 is 10.0 Å². The number of thioether (sulfide) groups is 1. The zero-order valence-corrected chi connectivity index (χ0v) is 13.4.